The number of ether oxygens (including phenoxy) is 1. The fourth-order valence-electron chi connectivity index (χ4n) is 2.11. The van der Waals surface area contributed by atoms with Crippen LogP contribution in [0.4, 0.5) is 0 Å². The third kappa shape index (κ3) is 3.73. The average molecular weight is 314 g/mol. The van der Waals surface area contributed by atoms with Crippen molar-refractivity contribution in [2.75, 3.05) is 13.7 Å². The molecule has 1 unspecified atom stereocenters. The van der Waals surface area contributed by atoms with Gasteiger partial charge < -0.3 is 10.5 Å². The normalized spacial score (nSPS) is 12.6. The smallest absolute Gasteiger partial charge is 0.0834 e. The van der Waals surface area contributed by atoms with Gasteiger partial charge >= 0.3 is 0 Å². The first kappa shape index (κ1) is 15.3. The second kappa shape index (κ2) is 7.09. The predicted octanol–water partition coefficient (Wildman–Crippen LogP) is 3.08. The first-order valence-electron chi connectivity index (χ1n) is 6.32. The van der Waals surface area contributed by atoms with Gasteiger partial charge in [-0.1, -0.05) is 35.3 Å². The van der Waals surface area contributed by atoms with Crippen LogP contribution in [0.3, 0.4) is 0 Å². The lowest BCUT2D eigenvalue weighted by molar-refractivity contribution is 0.182. The molecule has 0 saturated carbocycles. The molecule has 0 aliphatic carbocycles. The van der Waals surface area contributed by atoms with E-state index < -0.39 is 0 Å². The Bertz CT molecular complexity index is 571. The Morgan fingerprint density at radius 3 is 2.90 bits per heavy atom. The van der Waals surface area contributed by atoms with E-state index in [1.54, 1.807) is 18.0 Å². The van der Waals surface area contributed by atoms with Crippen LogP contribution in [0.2, 0.25) is 10.0 Å². The van der Waals surface area contributed by atoms with Crippen molar-refractivity contribution in [3.63, 3.8) is 0 Å². The molecule has 1 heterocycles. The SMILES string of the molecule is COCCn1ncc(Cl)c1C(N)Cc1cccc(Cl)c1. The standard InChI is InChI=1S/C14H17Cl2N3O/c1-20-6-5-19-14(12(16)9-18-19)13(17)8-10-3-2-4-11(15)7-10/h2-4,7,9,13H,5-6,8,17H2,1H3. The van der Waals surface area contributed by atoms with Crippen molar-refractivity contribution in [1.29, 1.82) is 0 Å². The van der Waals surface area contributed by atoms with E-state index in [4.69, 9.17) is 33.7 Å². The van der Waals surface area contributed by atoms with Crippen molar-refractivity contribution >= 4 is 23.2 Å². The van der Waals surface area contributed by atoms with Crippen molar-refractivity contribution in [2.45, 2.75) is 19.0 Å². The molecular weight excluding hydrogens is 297 g/mol. The Balaban J connectivity index is 2.16. The molecule has 0 spiro atoms. The molecule has 0 aliphatic heterocycles. The Morgan fingerprint density at radius 1 is 1.40 bits per heavy atom. The highest BCUT2D eigenvalue weighted by Gasteiger charge is 2.17. The Morgan fingerprint density at radius 2 is 2.20 bits per heavy atom. The fraction of sp³-hybridized carbons (Fsp3) is 0.357. The zero-order valence-corrected chi connectivity index (χ0v) is 12.7. The number of hydrogen-bond acceptors (Lipinski definition) is 3. The minimum absolute atomic E-state index is 0.236. The average Bonchev–Trinajstić information content (AvgIpc) is 2.77. The van der Waals surface area contributed by atoms with Crippen LogP contribution in [-0.2, 0) is 17.7 Å². The number of hydrogen-bond donors (Lipinski definition) is 1. The number of methoxy groups -OCH3 is 1. The topological polar surface area (TPSA) is 53.1 Å². The summed E-state index contributed by atoms with van der Waals surface area (Å²) >= 11 is 12.2. The molecule has 1 aromatic heterocycles. The molecule has 1 aromatic carbocycles. The number of nitrogens with zero attached hydrogens (tertiary/aromatic N) is 2. The minimum Gasteiger partial charge on any atom is -0.383 e. The van der Waals surface area contributed by atoms with Crippen LogP contribution in [-0.4, -0.2) is 23.5 Å². The highest BCUT2D eigenvalue weighted by atomic mass is 35.5. The summed E-state index contributed by atoms with van der Waals surface area (Å²) in [6.45, 7) is 1.19. The van der Waals surface area contributed by atoms with E-state index in [2.05, 4.69) is 5.10 Å². The zero-order valence-electron chi connectivity index (χ0n) is 11.2. The lowest BCUT2D eigenvalue weighted by Gasteiger charge is -2.15. The quantitative estimate of drug-likeness (QED) is 0.891. The molecule has 2 aromatic rings. The monoisotopic (exact) mass is 313 g/mol. The summed E-state index contributed by atoms with van der Waals surface area (Å²) < 4.78 is 6.85. The number of nitrogens with two attached hydrogens (primary N) is 1. The van der Waals surface area contributed by atoms with E-state index in [1.165, 1.54) is 0 Å². The number of benzene rings is 1. The molecule has 0 saturated heterocycles. The maximum Gasteiger partial charge on any atom is 0.0834 e. The van der Waals surface area contributed by atoms with Crippen LogP contribution in [0.25, 0.3) is 0 Å². The number of halogens is 2. The van der Waals surface area contributed by atoms with Gasteiger partial charge in [0, 0.05) is 12.1 Å². The van der Waals surface area contributed by atoms with Gasteiger partial charge in [0.15, 0.2) is 0 Å². The molecule has 2 N–H and O–H groups in total. The fourth-order valence-corrected chi connectivity index (χ4v) is 2.61. The van der Waals surface area contributed by atoms with Crippen LogP contribution in [0.15, 0.2) is 30.5 Å². The van der Waals surface area contributed by atoms with Gasteiger partial charge in [-0.25, -0.2) is 0 Å². The van der Waals surface area contributed by atoms with Gasteiger partial charge in [0.2, 0.25) is 0 Å². The predicted molar refractivity (Wildman–Crippen MR) is 81.2 cm³/mol. The van der Waals surface area contributed by atoms with E-state index in [-0.39, 0.29) is 6.04 Å². The maximum absolute atomic E-state index is 6.27. The van der Waals surface area contributed by atoms with E-state index in [1.807, 2.05) is 24.3 Å². The summed E-state index contributed by atoms with van der Waals surface area (Å²) in [6, 6.07) is 7.42. The molecule has 2 rings (SSSR count). The third-order valence-corrected chi connectivity index (χ3v) is 3.56. The molecule has 0 amide bonds. The highest BCUT2D eigenvalue weighted by Crippen LogP contribution is 2.24. The Kier molecular flexibility index (Phi) is 5.43. The second-order valence-electron chi connectivity index (χ2n) is 4.53. The molecule has 108 valence electrons. The third-order valence-electron chi connectivity index (χ3n) is 3.04. The minimum atomic E-state index is -0.236. The summed E-state index contributed by atoms with van der Waals surface area (Å²) in [4.78, 5) is 0. The molecule has 6 heteroatoms. The zero-order chi connectivity index (χ0) is 14.5. The molecule has 0 aliphatic rings. The van der Waals surface area contributed by atoms with Crippen LogP contribution in [0.1, 0.15) is 17.3 Å². The lowest BCUT2D eigenvalue weighted by Crippen LogP contribution is -2.20. The molecule has 0 fully saturated rings. The number of rotatable bonds is 6. The summed E-state index contributed by atoms with van der Waals surface area (Å²) in [5, 5.41) is 5.51. The van der Waals surface area contributed by atoms with E-state index >= 15 is 0 Å². The molecule has 1 atom stereocenters. The summed E-state index contributed by atoms with van der Waals surface area (Å²) in [6.07, 6.45) is 2.27. The summed E-state index contributed by atoms with van der Waals surface area (Å²) in [7, 11) is 1.65. The first-order chi connectivity index (χ1) is 9.61. The Labute approximate surface area is 128 Å². The molecule has 20 heavy (non-hydrogen) atoms. The Hall–Kier alpha value is -1.07. The summed E-state index contributed by atoms with van der Waals surface area (Å²) in [5.74, 6) is 0. The van der Waals surface area contributed by atoms with Gasteiger partial charge in [0.1, 0.15) is 0 Å². The van der Waals surface area contributed by atoms with Gasteiger partial charge in [0.25, 0.3) is 0 Å². The van der Waals surface area contributed by atoms with Gasteiger partial charge in [-0.3, -0.25) is 4.68 Å². The van der Waals surface area contributed by atoms with Crippen LogP contribution in [0.5, 0.6) is 0 Å². The molecule has 4 nitrogen and oxygen atoms in total. The van der Waals surface area contributed by atoms with Gasteiger partial charge in [-0.05, 0) is 24.1 Å². The lowest BCUT2D eigenvalue weighted by atomic mass is 10.0. The van der Waals surface area contributed by atoms with Crippen LogP contribution < -0.4 is 5.73 Å². The van der Waals surface area contributed by atoms with Crippen molar-refractivity contribution in [3.05, 3.63) is 51.8 Å². The van der Waals surface area contributed by atoms with Gasteiger partial charge in [-0.2, -0.15) is 5.10 Å². The molecule has 0 radical (unpaired) electrons. The van der Waals surface area contributed by atoms with Crippen molar-refractivity contribution in [2.24, 2.45) is 5.73 Å². The summed E-state index contributed by atoms with van der Waals surface area (Å²) in [5.41, 5.74) is 8.16. The van der Waals surface area contributed by atoms with Crippen molar-refractivity contribution < 1.29 is 4.74 Å². The highest BCUT2D eigenvalue weighted by molar-refractivity contribution is 6.31. The maximum atomic E-state index is 6.27. The van der Waals surface area contributed by atoms with E-state index in [0.717, 1.165) is 11.3 Å². The van der Waals surface area contributed by atoms with Gasteiger partial charge in [0.05, 0.1) is 36.1 Å². The van der Waals surface area contributed by atoms with Crippen molar-refractivity contribution in [3.8, 4) is 0 Å². The first-order valence-corrected chi connectivity index (χ1v) is 7.07. The number of aromatic nitrogens is 2. The molecule has 0 bridgehead atoms. The molecular formula is C14H17Cl2N3O. The van der Waals surface area contributed by atoms with E-state index in [0.29, 0.717) is 29.6 Å². The largest absolute Gasteiger partial charge is 0.383 e. The van der Waals surface area contributed by atoms with Crippen LogP contribution in [0, 0.1) is 0 Å². The van der Waals surface area contributed by atoms with Crippen molar-refractivity contribution in [1.82, 2.24) is 9.78 Å². The van der Waals surface area contributed by atoms with E-state index in [9.17, 15) is 0 Å². The van der Waals surface area contributed by atoms with Gasteiger partial charge in [-0.15, -0.1) is 0 Å². The second-order valence-corrected chi connectivity index (χ2v) is 5.38. The van der Waals surface area contributed by atoms with Crippen LogP contribution >= 0.6 is 23.2 Å².